The Kier molecular flexibility index (Phi) is 7.28. The summed E-state index contributed by atoms with van der Waals surface area (Å²) >= 11 is 6.30. The van der Waals surface area contributed by atoms with Gasteiger partial charge in [-0.3, -0.25) is 0 Å². The van der Waals surface area contributed by atoms with Crippen molar-refractivity contribution in [1.82, 2.24) is 9.97 Å². The molecule has 1 unspecified atom stereocenters. The fraction of sp³-hybridized carbons (Fsp3) is 0.750. The Bertz CT molecular complexity index is 420. The fourth-order valence-corrected chi connectivity index (χ4v) is 2.40. The van der Waals surface area contributed by atoms with E-state index in [4.69, 9.17) is 16.6 Å². The lowest BCUT2D eigenvalue weighted by Gasteiger charge is -2.31. The van der Waals surface area contributed by atoms with Crippen LogP contribution in [0.2, 0.25) is 5.15 Å². The molecule has 4 heteroatoms. The van der Waals surface area contributed by atoms with Crippen LogP contribution >= 0.6 is 11.6 Å². The van der Waals surface area contributed by atoms with Crippen molar-refractivity contribution in [3.8, 4) is 0 Å². The molecule has 1 aromatic heterocycles. The predicted molar refractivity (Wildman–Crippen MR) is 87.8 cm³/mol. The molecule has 0 N–H and O–H groups in total. The van der Waals surface area contributed by atoms with Crippen LogP contribution in [0.1, 0.15) is 64.8 Å². The molecule has 1 aromatic rings. The molecule has 1 atom stereocenters. The summed E-state index contributed by atoms with van der Waals surface area (Å²) in [5.74, 6) is 1.89. The van der Waals surface area contributed by atoms with Crippen LogP contribution in [0.4, 0.5) is 5.82 Å². The highest BCUT2D eigenvalue weighted by atomic mass is 35.5. The Labute approximate surface area is 128 Å². The molecule has 1 heterocycles. The second-order valence-corrected chi connectivity index (χ2v) is 5.79. The lowest BCUT2D eigenvalue weighted by molar-refractivity contribution is 0.585. The second kappa shape index (κ2) is 8.46. The van der Waals surface area contributed by atoms with Gasteiger partial charge >= 0.3 is 0 Å². The van der Waals surface area contributed by atoms with Crippen LogP contribution < -0.4 is 4.90 Å². The highest BCUT2D eigenvalue weighted by molar-refractivity contribution is 6.30. The summed E-state index contributed by atoms with van der Waals surface area (Å²) in [5.41, 5.74) is 1.00. The molecule has 0 aromatic carbocycles. The standard InChI is InChI=1S/C16H28ClN3/c1-6-9-11-20(12(4)8-3)16-13(5)15(17)18-14(19-16)10-7-2/h12H,6-11H2,1-5H3. The fourth-order valence-electron chi connectivity index (χ4n) is 2.22. The third-order valence-electron chi connectivity index (χ3n) is 3.73. The summed E-state index contributed by atoms with van der Waals surface area (Å²) in [6, 6.07) is 0.473. The first-order chi connectivity index (χ1) is 9.54. The first-order valence-corrected chi connectivity index (χ1v) is 8.22. The van der Waals surface area contributed by atoms with Crippen LogP contribution in [0.25, 0.3) is 0 Å². The van der Waals surface area contributed by atoms with Gasteiger partial charge < -0.3 is 4.90 Å². The molecule has 0 saturated heterocycles. The Balaban J connectivity index is 3.15. The SMILES string of the molecule is CCCCN(c1nc(CCC)nc(Cl)c1C)C(C)CC. The normalized spacial score (nSPS) is 12.5. The molecule has 0 fully saturated rings. The van der Waals surface area contributed by atoms with Gasteiger partial charge in [0.25, 0.3) is 0 Å². The summed E-state index contributed by atoms with van der Waals surface area (Å²) in [4.78, 5) is 11.6. The molecule has 0 aliphatic heterocycles. The van der Waals surface area contributed by atoms with E-state index in [0.29, 0.717) is 11.2 Å². The van der Waals surface area contributed by atoms with Crippen LogP contribution in [0.3, 0.4) is 0 Å². The number of anilines is 1. The molecule has 3 nitrogen and oxygen atoms in total. The predicted octanol–water partition coefficient (Wildman–Crippen LogP) is 4.80. The van der Waals surface area contributed by atoms with Gasteiger partial charge in [-0.15, -0.1) is 0 Å². The molecule has 0 amide bonds. The number of unbranched alkanes of at least 4 members (excludes halogenated alkanes) is 1. The summed E-state index contributed by atoms with van der Waals surface area (Å²) in [7, 11) is 0. The summed E-state index contributed by atoms with van der Waals surface area (Å²) < 4.78 is 0. The minimum absolute atomic E-state index is 0.473. The number of nitrogens with zero attached hydrogens (tertiary/aromatic N) is 3. The van der Waals surface area contributed by atoms with E-state index in [2.05, 4.69) is 37.6 Å². The van der Waals surface area contributed by atoms with Crippen LogP contribution in [0.5, 0.6) is 0 Å². The summed E-state index contributed by atoms with van der Waals surface area (Å²) in [5, 5.41) is 0.600. The number of aromatic nitrogens is 2. The Morgan fingerprint density at radius 3 is 2.40 bits per heavy atom. The molecular formula is C16H28ClN3. The van der Waals surface area contributed by atoms with Gasteiger partial charge in [-0.2, -0.15) is 0 Å². The van der Waals surface area contributed by atoms with Crippen LogP contribution in [0.15, 0.2) is 0 Å². The zero-order chi connectivity index (χ0) is 15.1. The molecule has 20 heavy (non-hydrogen) atoms. The van der Waals surface area contributed by atoms with E-state index in [1.807, 2.05) is 6.92 Å². The zero-order valence-electron chi connectivity index (χ0n) is 13.5. The van der Waals surface area contributed by atoms with E-state index >= 15 is 0 Å². The first kappa shape index (κ1) is 17.2. The zero-order valence-corrected chi connectivity index (χ0v) is 14.3. The molecule has 114 valence electrons. The van der Waals surface area contributed by atoms with Gasteiger partial charge in [-0.1, -0.05) is 38.8 Å². The minimum Gasteiger partial charge on any atom is -0.354 e. The Hall–Kier alpha value is -0.830. The monoisotopic (exact) mass is 297 g/mol. The van der Waals surface area contributed by atoms with Crippen molar-refractivity contribution in [3.63, 3.8) is 0 Å². The molecule has 0 saturated carbocycles. The minimum atomic E-state index is 0.473. The van der Waals surface area contributed by atoms with Crippen molar-refractivity contribution in [3.05, 3.63) is 16.5 Å². The van der Waals surface area contributed by atoms with E-state index in [-0.39, 0.29) is 0 Å². The van der Waals surface area contributed by atoms with Gasteiger partial charge in [0.15, 0.2) is 0 Å². The maximum Gasteiger partial charge on any atom is 0.137 e. The topological polar surface area (TPSA) is 29.0 Å². The third kappa shape index (κ3) is 4.34. The maximum absolute atomic E-state index is 6.30. The molecule has 1 rings (SSSR count). The third-order valence-corrected chi connectivity index (χ3v) is 4.10. The van der Waals surface area contributed by atoms with Gasteiger partial charge in [-0.25, -0.2) is 9.97 Å². The van der Waals surface area contributed by atoms with Crippen LogP contribution in [0, 0.1) is 6.92 Å². The van der Waals surface area contributed by atoms with Crippen molar-refractivity contribution in [1.29, 1.82) is 0 Å². The van der Waals surface area contributed by atoms with Crippen LogP contribution in [-0.4, -0.2) is 22.6 Å². The number of hydrogen-bond acceptors (Lipinski definition) is 3. The van der Waals surface area contributed by atoms with Crippen molar-refractivity contribution < 1.29 is 0 Å². The van der Waals surface area contributed by atoms with E-state index in [1.54, 1.807) is 0 Å². The Morgan fingerprint density at radius 2 is 1.85 bits per heavy atom. The van der Waals surface area contributed by atoms with Crippen molar-refractivity contribution in [2.24, 2.45) is 0 Å². The molecule has 0 radical (unpaired) electrons. The highest BCUT2D eigenvalue weighted by Crippen LogP contribution is 2.26. The molecule has 0 spiro atoms. The second-order valence-electron chi connectivity index (χ2n) is 5.43. The number of hydrogen-bond donors (Lipinski definition) is 0. The largest absolute Gasteiger partial charge is 0.354 e. The van der Waals surface area contributed by atoms with E-state index in [0.717, 1.165) is 43.0 Å². The lowest BCUT2D eigenvalue weighted by Crippen LogP contribution is -2.35. The van der Waals surface area contributed by atoms with Crippen LogP contribution in [-0.2, 0) is 6.42 Å². The number of aryl methyl sites for hydroxylation is 1. The molecule has 0 aliphatic carbocycles. The summed E-state index contributed by atoms with van der Waals surface area (Å²) in [6.07, 6.45) is 5.39. The van der Waals surface area contributed by atoms with E-state index < -0.39 is 0 Å². The quantitative estimate of drug-likeness (QED) is 0.646. The maximum atomic E-state index is 6.30. The number of rotatable bonds is 8. The van der Waals surface area contributed by atoms with Gasteiger partial charge in [0.2, 0.25) is 0 Å². The average Bonchev–Trinajstić information content (AvgIpc) is 2.44. The van der Waals surface area contributed by atoms with Crippen molar-refractivity contribution >= 4 is 17.4 Å². The van der Waals surface area contributed by atoms with E-state index in [1.165, 1.54) is 12.8 Å². The van der Waals surface area contributed by atoms with Gasteiger partial charge in [0.05, 0.1) is 0 Å². The van der Waals surface area contributed by atoms with E-state index in [9.17, 15) is 0 Å². The number of halogens is 1. The van der Waals surface area contributed by atoms with Gasteiger partial charge in [0, 0.05) is 24.6 Å². The molecule has 0 aliphatic rings. The Morgan fingerprint density at radius 1 is 1.15 bits per heavy atom. The lowest BCUT2D eigenvalue weighted by atomic mass is 10.1. The van der Waals surface area contributed by atoms with Crippen molar-refractivity contribution in [2.75, 3.05) is 11.4 Å². The molecular weight excluding hydrogens is 270 g/mol. The summed E-state index contributed by atoms with van der Waals surface area (Å²) in [6.45, 7) is 11.9. The molecule has 0 bridgehead atoms. The smallest absolute Gasteiger partial charge is 0.137 e. The van der Waals surface area contributed by atoms with Crippen molar-refractivity contribution in [2.45, 2.75) is 72.8 Å². The van der Waals surface area contributed by atoms with Gasteiger partial charge in [0.1, 0.15) is 16.8 Å². The first-order valence-electron chi connectivity index (χ1n) is 7.84. The van der Waals surface area contributed by atoms with Gasteiger partial charge in [-0.05, 0) is 33.1 Å². The highest BCUT2D eigenvalue weighted by Gasteiger charge is 2.19. The average molecular weight is 298 g/mol.